The van der Waals surface area contributed by atoms with Gasteiger partial charge in [-0.2, -0.15) is 0 Å². The van der Waals surface area contributed by atoms with Gasteiger partial charge in [-0.15, -0.1) is 10.2 Å². The lowest BCUT2D eigenvalue weighted by Crippen LogP contribution is -2.19. The van der Waals surface area contributed by atoms with Crippen molar-refractivity contribution in [3.8, 4) is 11.5 Å². The van der Waals surface area contributed by atoms with Gasteiger partial charge in [-0.05, 0) is 43.7 Å². The van der Waals surface area contributed by atoms with E-state index in [0.29, 0.717) is 11.8 Å². The summed E-state index contributed by atoms with van der Waals surface area (Å²) in [5.41, 5.74) is 4.87. The number of nitrogens with zero attached hydrogens (tertiary/aromatic N) is 4. The van der Waals surface area contributed by atoms with Crippen LogP contribution in [0.5, 0.6) is 0 Å². The molecule has 1 atom stereocenters. The molecule has 1 saturated heterocycles. The van der Waals surface area contributed by atoms with E-state index in [1.165, 1.54) is 22.0 Å². The van der Waals surface area contributed by atoms with Crippen molar-refractivity contribution in [1.82, 2.24) is 19.7 Å². The van der Waals surface area contributed by atoms with E-state index in [0.717, 1.165) is 37.5 Å². The number of hydrogen-bond acceptors (Lipinski definition) is 4. The fourth-order valence-electron chi connectivity index (χ4n) is 4.18. The molecule has 5 nitrogen and oxygen atoms in total. The maximum Gasteiger partial charge on any atom is 0.247 e. The van der Waals surface area contributed by atoms with E-state index in [-0.39, 0.29) is 0 Å². The Bertz CT molecular complexity index is 1110. The molecule has 1 fully saturated rings. The van der Waals surface area contributed by atoms with E-state index in [1.54, 1.807) is 0 Å². The lowest BCUT2D eigenvalue weighted by atomic mass is 10.1. The lowest BCUT2D eigenvalue weighted by Gasteiger charge is -2.14. The number of rotatable bonds is 4. The average Bonchev–Trinajstić information content (AvgIpc) is 3.43. The SMILES string of the molecule is Cc1ccc(-c2nnc([C@H]3CCN(Cc4cn(C)c5ccccc45)C3)o2)cc1. The highest BCUT2D eigenvalue weighted by molar-refractivity contribution is 5.83. The predicted octanol–water partition coefficient (Wildman–Crippen LogP) is 4.53. The fourth-order valence-corrected chi connectivity index (χ4v) is 4.18. The Balaban J connectivity index is 1.30. The smallest absolute Gasteiger partial charge is 0.247 e. The number of aromatic nitrogens is 3. The average molecular weight is 372 g/mol. The summed E-state index contributed by atoms with van der Waals surface area (Å²) in [6, 6.07) is 16.8. The molecule has 142 valence electrons. The van der Waals surface area contributed by atoms with Crippen LogP contribution in [0.25, 0.3) is 22.4 Å². The molecule has 2 aromatic carbocycles. The molecular formula is C23H24N4O. The first kappa shape index (κ1) is 17.2. The Hall–Kier alpha value is -2.92. The van der Waals surface area contributed by atoms with Crippen molar-refractivity contribution in [3.05, 3.63) is 71.7 Å². The minimum absolute atomic E-state index is 0.307. The van der Waals surface area contributed by atoms with Gasteiger partial charge >= 0.3 is 0 Å². The van der Waals surface area contributed by atoms with Crippen LogP contribution in [0.4, 0.5) is 0 Å². The van der Waals surface area contributed by atoms with Gasteiger partial charge < -0.3 is 8.98 Å². The monoisotopic (exact) mass is 372 g/mol. The lowest BCUT2D eigenvalue weighted by molar-refractivity contribution is 0.321. The molecule has 0 amide bonds. The quantitative estimate of drug-likeness (QED) is 0.528. The highest BCUT2D eigenvalue weighted by Gasteiger charge is 2.28. The molecule has 0 spiro atoms. The van der Waals surface area contributed by atoms with Gasteiger partial charge in [0.25, 0.3) is 0 Å². The Morgan fingerprint density at radius 2 is 1.89 bits per heavy atom. The number of fused-ring (bicyclic) bond motifs is 1. The standard InChI is InChI=1S/C23H24N4O/c1-16-7-9-17(10-8-16)22-24-25-23(28-22)18-11-12-27(14-18)15-19-13-26(2)21-6-4-3-5-20(19)21/h3-10,13,18H,11-12,14-15H2,1-2H3/t18-/m0/s1. The van der Waals surface area contributed by atoms with Gasteiger partial charge in [0.2, 0.25) is 11.8 Å². The summed E-state index contributed by atoms with van der Waals surface area (Å²) in [7, 11) is 2.11. The Labute approximate surface area is 164 Å². The van der Waals surface area contributed by atoms with Crippen LogP contribution in [0.15, 0.2) is 59.1 Å². The molecular weight excluding hydrogens is 348 g/mol. The summed E-state index contributed by atoms with van der Waals surface area (Å²) < 4.78 is 8.23. The maximum atomic E-state index is 6.01. The second kappa shape index (κ2) is 6.91. The summed E-state index contributed by atoms with van der Waals surface area (Å²) in [6.07, 6.45) is 3.31. The molecule has 3 heterocycles. The molecule has 0 saturated carbocycles. The first-order valence-electron chi connectivity index (χ1n) is 9.83. The zero-order valence-electron chi connectivity index (χ0n) is 16.3. The first-order chi connectivity index (χ1) is 13.7. The highest BCUT2D eigenvalue weighted by Crippen LogP contribution is 2.31. The van der Waals surface area contributed by atoms with Crippen LogP contribution in [0.2, 0.25) is 0 Å². The van der Waals surface area contributed by atoms with Gasteiger partial charge in [0.15, 0.2) is 0 Å². The molecule has 5 heteroatoms. The largest absolute Gasteiger partial charge is 0.420 e. The summed E-state index contributed by atoms with van der Waals surface area (Å²) in [5.74, 6) is 1.68. The van der Waals surface area contributed by atoms with Gasteiger partial charge in [0.05, 0.1) is 5.92 Å². The predicted molar refractivity (Wildman–Crippen MR) is 110 cm³/mol. The molecule has 0 aliphatic carbocycles. The van der Waals surface area contributed by atoms with Crippen LogP contribution >= 0.6 is 0 Å². The van der Waals surface area contributed by atoms with Crippen molar-refractivity contribution < 1.29 is 4.42 Å². The van der Waals surface area contributed by atoms with E-state index < -0.39 is 0 Å². The van der Waals surface area contributed by atoms with Crippen LogP contribution in [0.1, 0.15) is 29.4 Å². The molecule has 5 rings (SSSR count). The summed E-state index contributed by atoms with van der Waals surface area (Å²) in [6.45, 7) is 5.04. The molecule has 1 aliphatic rings. The van der Waals surface area contributed by atoms with Gasteiger partial charge in [-0.25, -0.2) is 0 Å². The van der Waals surface area contributed by atoms with Gasteiger partial charge in [0, 0.05) is 42.8 Å². The summed E-state index contributed by atoms with van der Waals surface area (Å²) >= 11 is 0. The van der Waals surface area contributed by atoms with Gasteiger partial charge in [-0.3, -0.25) is 4.90 Å². The van der Waals surface area contributed by atoms with Crippen molar-refractivity contribution in [2.24, 2.45) is 7.05 Å². The highest BCUT2D eigenvalue weighted by atomic mass is 16.4. The van der Waals surface area contributed by atoms with Crippen LogP contribution < -0.4 is 0 Å². The second-order valence-electron chi connectivity index (χ2n) is 7.81. The number of benzene rings is 2. The zero-order chi connectivity index (χ0) is 19.1. The van der Waals surface area contributed by atoms with Crippen LogP contribution in [0.3, 0.4) is 0 Å². The molecule has 0 bridgehead atoms. The molecule has 1 aliphatic heterocycles. The minimum atomic E-state index is 0.307. The summed E-state index contributed by atoms with van der Waals surface area (Å²) in [4.78, 5) is 2.49. The van der Waals surface area contributed by atoms with E-state index in [4.69, 9.17) is 4.42 Å². The molecule has 4 aromatic rings. The van der Waals surface area contributed by atoms with E-state index in [9.17, 15) is 0 Å². The molecule has 0 N–H and O–H groups in total. The van der Waals surface area contributed by atoms with Crippen molar-refractivity contribution in [2.45, 2.75) is 25.8 Å². The normalized spacial score (nSPS) is 17.6. The number of aryl methyl sites for hydroxylation is 2. The van der Waals surface area contributed by atoms with Gasteiger partial charge in [0.1, 0.15) is 0 Å². The zero-order valence-corrected chi connectivity index (χ0v) is 16.3. The Morgan fingerprint density at radius 3 is 2.75 bits per heavy atom. The molecule has 0 unspecified atom stereocenters. The van der Waals surface area contributed by atoms with Crippen LogP contribution in [-0.2, 0) is 13.6 Å². The van der Waals surface area contributed by atoms with E-state index in [1.807, 2.05) is 12.1 Å². The summed E-state index contributed by atoms with van der Waals surface area (Å²) in [5, 5.41) is 9.96. The second-order valence-corrected chi connectivity index (χ2v) is 7.81. The minimum Gasteiger partial charge on any atom is -0.420 e. The van der Waals surface area contributed by atoms with Crippen molar-refractivity contribution in [1.29, 1.82) is 0 Å². The molecule has 2 aromatic heterocycles. The van der Waals surface area contributed by atoms with Crippen molar-refractivity contribution >= 4 is 10.9 Å². The van der Waals surface area contributed by atoms with Crippen LogP contribution in [-0.4, -0.2) is 32.8 Å². The van der Waals surface area contributed by atoms with Crippen molar-refractivity contribution in [2.75, 3.05) is 13.1 Å². The Kier molecular flexibility index (Phi) is 4.24. The number of likely N-dealkylation sites (tertiary alicyclic amines) is 1. The topological polar surface area (TPSA) is 47.1 Å². The van der Waals surface area contributed by atoms with Gasteiger partial charge in [-0.1, -0.05) is 35.9 Å². The van der Waals surface area contributed by atoms with Crippen molar-refractivity contribution in [3.63, 3.8) is 0 Å². The molecule has 28 heavy (non-hydrogen) atoms. The van der Waals surface area contributed by atoms with E-state index >= 15 is 0 Å². The van der Waals surface area contributed by atoms with Crippen LogP contribution in [0, 0.1) is 6.92 Å². The fraction of sp³-hybridized carbons (Fsp3) is 0.304. The number of para-hydroxylation sites is 1. The third kappa shape index (κ3) is 3.12. The maximum absolute atomic E-state index is 6.01. The molecule has 0 radical (unpaired) electrons. The Morgan fingerprint density at radius 1 is 1.07 bits per heavy atom. The third-order valence-corrected chi connectivity index (χ3v) is 5.73. The third-order valence-electron chi connectivity index (χ3n) is 5.73. The van der Waals surface area contributed by atoms with E-state index in [2.05, 4.69) is 76.2 Å². The first-order valence-corrected chi connectivity index (χ1v) is 9.83. The number of hydrogen-bond donors (Lipinski definition) is 0.